The highest BCUT2D eigenvalue weighted by Gasteiger charge is 2.17. The molecule has 0 saturated carbocycles. The van der Waals surface area contributed by atoms with Crippen LogP contribution in [0.3, 0.4) is 0 Å². The van der Waals surface area contributed by atoms with Crippen molar-refractivity contribution in [1.82, 2.24) is 10.1 Å². The summed E-state index contributed by atoms with van der Waals surface area (Å²) >= 11 is 5.87. The van der Waals surface area contributed by atoms with E-state index in [1.165, 1.54) is 24.6 Å². The molecule has 2 heterocycles. The highest BCUT2D eigenvalue weighted by Crippen LogP contribution is 2.23. The first-order chi connectivity index (χ1) is 8.53. The lowest BCUT2D eigenvalue weighted by atomic mass is 10.4. The quantitative estimate of drug-likeness (QED) is 0.886. The molecule has 2 aromatic rings. The van der Waals surface area contributed by atoms with Crippen LogP contribution in [0.4, 0.5) is 11.6 Å². The molecule has 0 bridgehead atoms. The van der Waals surface area contributed by atoms with Crippen molar-refractivity contribution in [3.63, 3.8) is 0 Å². The average Bonchev–Trinajstić information content (AvgIpc) is 2.81. The molecule has 0 unspecified atom stereocenters. The van der Waals surface area contributed by atoms with Crippen LogP contribution < -0.4 is 10.0 Å². The summed E-state index contributed by atoms with van der Waals surface area (Å²) in [4.78, 5) is 3.83. The minimum absolute atomic E-state index is 0.0606. The molecule has 2 N–H and O–H groups in total. The van der Waals surface area contributed by atoms with Gasteiger partial charge in [0, 0.05) is 19.3 Å². The predicted molar refractivity (Wildman–Crippen MR) is 66.1 cm³/mol. The number of hydrogen-bond acceptors (Lipinski definition) is 6. The fourth-order valence-electron chi connectivity index (χ4n) is 1.21. The molecular weight excluding hydrogens is 280 g/mol. The smallest absolute Gasteiger partial charge is 0.264 e. The van der Waals surface area contributed by atoms with Crippen LogP contribution in [0.15, 0.2) is 34.0 Å². The van der Waals surface area contributed by atoms with Crippen LogP contribution >= 0.6 is 11.6 Å². The van der Waals surface area contributed by atoms with Crippen molar-refractivity contribution < 1.29 is 12.9 Å². The lowest BCUT2D eigenvalue weighted by Gasteiger charge is -2.07. The molecule has 2 aromatic heterocycles. The topological polar surface area (TPSA) is 97.1 Å². The maximum Gasteiger partial charge on any atom is 0.264 e. The van der Waals surface area contributed by atoms with Crippen LogP contribution in [0.1, 0.15) is 0 Å². The van der Waals surface area contributed by atoms with Gasteiger partial charge in [0.2, 0.25) is 0 Å². The van der Waals surface area contributed by atoms with Crippen molar-refractivity contribution >= 4 is 33.3 Å². The number of rotatable bonds is 4. The van der Waals surface area contributed by atoms with Gasteiger partial charge in [-0.3, -0.25) is 4.72 Å². The summed E-state index contributed by atoms with van der Waals surface area (Å²) in [5, 5.41) is 6.39. The average molecular weight is 289 g/mol. The van der Waals surface area contributed by atoms with Gasteiger partial charge in [-0.15, -0.1) is 0 Å². The molecule has 0 fully saturated rings. The largest absolute Gasteiger partial charge is 0.372 e. The third kappa shape index (κ3) is 2.54. The van der Waals surface area contributed by atoms with Crippen molar-refractivity contribution in [3.05, 3.63) is 29.6 Å². The van der Waals surface area contributed by atoms with Gasteiger partial charge in [0.05, 0.1) is 5.02 Å². The van der Waals surface area contributed by atoms with E-state index in [2.05, 4.69) is 24.7 Å². The molecule has 0 amide bonds. The van der Waals surface area contributed by atoms with E-state index in [0.717, 1.165) is 0 Å². The number of aromatic nitrogens is 2. The maximum atomic E-state index is 11.9. The Kier molecular flexibility index (Phi) is 3.39. The Bertz CT molecular complexity index is 642. The zero-order valence-corrected chi connectivity index (χ0v) is 10.8. The Morgan fingerprint density at radius 2 is 2.22 bits per heavy atom. The fourth-order valence-corrected chi connectivity index (χ4v) is 2.50. The number of nitrogens with zero attached hydrogens (tertiary/aromatic N) is 2. The fraction of sp³-hybridized carbons (Fsp3) is 0.111. The van der Waals surface area contributed by atoms with Crippen LogP contribution in [0.5, 0.6) is 0 Å². The molecule has 0 aliphatic carbocycles. The van der Waals surface area contributed by atoms with Gasteiger partial charge in [-0.2, -0.15) is 0 Å². The van der Waals surface area contributed by atoms with Gasteiger partial charge in [0.1, 0.15) is 17.0 Å². The Morgan fingerprint density at radius 3 is 2.78 bits per heavy atom. The molecule has 0 saturated heterocycles. The molecule has 7 nitrogen and oxygen atoms in total. The molecule has 18 heavy (non-hydrogen) atoms. The second-order valence-electron chi connectivity index (χ2n) is 3.24. The van der Waals surface area contributed by atoms with Crippen molar-refractivity contribution in [2.45, 2.75) is 4.90 Å². The summed E-state index contributed by atoms with van der Waals surface area (Å²) in [5.74, 6) is 0.487. The zero-order valence-electron chi connectivity index (χ0n) is 9.21. The summed E-state index contributed by atoms with van der Waals surface area (Å²) in [5.41, 5.74) is 0. The second kappa shape index (κ2) is 4.83. The van der Waals surface area contributed by atoms with E-state index < -0.39 is 10.0 Å². The molecule has 0 aliphatic rings. The highest BCUT2D eigenvalue weighted by molar-refractivity contribution is 7.92. The van der Waals surface area contributed by atoms with E-state index in [1.54, 1.807) is 7.05 Å². The minimum atomic E-state index is -3.78. The number of hydrogen-bond donors (Lipinski definition) is 2. The van der Waals surface area contributed by atoms with Gasteiger partial charge >= 0.3 is 0 Å². The molecule has 0 aromatic carbocycles. The molecule has 0 atom stereocenters. The molecule has 96 valence electrons. The molecular formula is C9H9ClN4O3S. The normalized spacial score (nSPS) is 11.2. The van der Waals surface area contributed by atoms with E-state index >= 15 is 0 Å². The number of halogens is 1. The SMILES string of the molecule is CNc1ncc(S(=O)(=O)Nc2ccon2)cc1Cl. The standard InChI is InChI=1S/C9H9ClN4O3S/c1-11-9-7(10)4-6(5-12-9)18(15,16)14-8-2-3-17-13-8/h2-5H,1H3,(H,11,12)(H,13,14). The predicted octanol–water partition coefficient (Wildman–Crippen LogP) is 1.57. The van der Waals surface area contributed by atoms with Crippen LogP contribution in [0.2, 0.25) is 5.02 Å². The van der Waals surface area contributed by atoms with E-state index in [4.69, 9.17) is 11.6 Å². The summed E-state index contributed by atoms with van der Waals surface area (Å²) in [6.45, 7) is 0. The van der Waals surface area contributed by atoms with E-state index in [0.29, 0.717) is 5.82 Å². The lowest BCUT2D eigenvalue weighted by molar-refractivity contribution is 0.423. The molecule has 0 radical (unpaired) electrons. The van der Waals surface area contributed by atoms with Crippen molar-refractivity contribution in [2.75, 3.05) is 17.1 Å². The first kappa shape index (κ1) is 12.7. The molecule has 0 aliphatic heterocycles. The summed E-state index contributed by atoms with van der Waals surface area (Å²) in [6, 6.07) is 2.68. The number of sulfonamides is 1. The van der Waals surface area contributed by atoms with Gasteiger partial charge in [0.15, 0.2) is 5.82 Å². The molecule has 9 heteroatoms. The van der Waals surface area contributed by atoms with Gasteiger partial charge in [-0.1, -0.05) is 16.8 Å². The Hall–Kier alpha value is -1.80. The molecule has 0 spiro atoms. The van der Waals surface area contributed by atoms with Gasteiger partial charge in [-0.25, -0.2) is 13.4 Å². The van der Waals surface area contributed by atoms with Crippen LogP contribution in [-0.2, 0) is 10.0 Å². The number of nitrogens with one attached hydrogen (secondary N) is 2. The first-order valence-corrected chi connectivity index (χ1v) is 6.65. The highest BCUT2D eigenvalue weighted by atomic mass is 35.5. The summed E-state index contributed by atoms with van der Waals surface area (Å²) < 4.78 is 30.6. The summed E-state index contributed by atoms with van der Waals surface area (Å²) in [6.07, 6.45) is 2.45. The Balaban J connectivity index is 2.33. The van der Waals surface area contributed by atoms with Gasteiger partial charge < -0.3 is 9.84 Å². The van der Waals surface area contributed by atoms with Gasteiger partial charge in [0.25, 0.3) is 10.0 Å². The second-order valence-corrected chi connectivity index (χ2v) is 5.33. The van der Waals surface area contributed by atoms with Crippen LogP contribution in [0.25, 0.3) is 0 Å². The van der Waals surface area contributed by atoms with Crippen molar-refractivity contribution in [3.8, 4) is 0 Å². The third-order valence-corrected chi connectivity index (χ3v) is 3.65. The van der Waals surface area contributed by atoms with Gasteiger partial charge in [-0.05, 0) is 6.07 Å². The van der Waals surface area contributed by atoms with Crippen molar-refractivity contribution in [2.24, 2.45) is 0 Å². The first-order valence-electron chi connectivity index (χ1n) is 4.79. The Morgan fingerprint density at radius 1 is 1.44 bits per heavy atom. The minimum Gasteiger partial charge on any atom is -0.372 e. The van der Waals surface area contributed by atoms with E-state index in [1.807, 2.05) is 0 Å². The molecule has 2 rings (SSSR count). The number of anilines is 2. The zero-order chi connectivity index (χ0) is 13.2. The van der Waals surface area contributed by atoms with Crippen LogP contribution in [-0.4, -0.2) is 25.6 Å². The lowest BCUT2D eigenvalue weighted by Crippen LogP contribution is -2.13. The van der Waals surface area contributed by atoms with Crippen molar-refractivity contribution in [1.29, 1.82) is 0 Å². The third-order valence-electron chi connectivity index (χ3n) is 2.04. The van der Waals surface area contributed by atoms with E-state index in [9.17, 15) is 8.42 Å². The van der Waals surface area contributed by atoms with E-state index in [-0.39, 0.29) is 15.7 Å². The maximum absolute atomic E-state index is 11.9. The monoisotopic (exact) mass is 288 g/mol. The Labute approximate surface area is 108 Å². The number of pyridine rings is 1. The van der Waals surface area contributed by atoms with Crippen LogP contribution in [0, 0.1) is 0 Å². The summed E-state index contributed by atoms with van der Waals surface area (Å²) in [7, 11) is -2.14.